The summed E-state index contributed by atoms with van der Waals surface area (Å²) < 4.78 is 10.5. The van der Waals surface area contributed by atoms with Gasteiger partial charge >= 0.3 is 12.2 Å². The number of nitrogens with zero attached hydrogens (tertiary/aromatic N) is 1. The number of amides is 3. The van der Waals surface area contributed by atoms with Crippen molar-refractivity contribution in [3.8, 4) is 0 Å². The Bertz CT molecular complexity index is 839. The van der Waals surface area contributed by atoms with Gasteiger partial charge in [-0.05, 0) is 73.7 Å². The van der Waals surface area contributed by atoms with Gasteiger partial charge in [0, 0.05) is 0 Å². The molecule has 30 heavy (non-hydrogen) atoms. The van der Waals surface area contributed by atoms with Gasteiger partial charge in [-0.25, -0.2) is 14.5 Å². The predicted molar refractivity (Wildman–Crippen MR) is 107 cm³/mol. The van der Waals surface area contributed by atoms with E-state index in [4.69, 9.17) is 15.2 Å². The van der Waals surface area contributed by atoms with Crippen LogP contribution in [-0.2, 0) is 20.7 Å². The molecule has 7 nitrogen and oxygen atoms in total. The van der Waals surface area contributed by atoms with Crippen molar-refractivity contribution in [3.63, 3.8) is 0 Å². The summed E-state index contributed by atoms with van der Waals surface area (Å²) in [5, 5.41) is 0. The zero-order chi connectivity index (χ0) is 20.8. The first-order valence-electron chi connectivity index (χ1n) is 11.0. The highest BCUT2D eigenvalue weighted by Gasteiger charge is 2.55. The maximum Gasteiger partial charge on any atom is 0.417 e. The SMILES string of the molecule is NC(=O)O[C@@H](C[C@H]1[C@H]2C[C@@H]3C[C@@H](C2)[C@@H]1C3)C(=O)N1C(=O)OC[C@@H]1Cc1ccccc1. The van der Waals surface area contributed by atoms with Gasteiger partial charge in [0.2, 0.25) is 0 Å². The first kappa shape index (κ1) is 19.4. The van der Waals surface area contributed by atoms with Crippen molar-refractivity contribution in [1.82, 2.24) is 4.90 Å². The molecule has 5 aliphatic rings. The normalized spacial score (nSPS) is 34.8. The van der Waals surface area contributed by atoms with E-state index < -0.39 is 30.2 Å². The van der Waals surface area contributed by atoms with Crippen LogP contribution in [0.25, 0.3) is 0 Å². The van der Waals surface area contributed by atoms with Crippen LogP contribution < -0.4 is 5.73 Å². The zero-order valence-corrected chi connectivity index (χ0v) is 16.9. The third-order valence-electron chi connectivity index (χ3n) is 7.78. The van der Waals surface area contributed by atoms with Crippen LogP contribution >= 0.6 is 0 Å². The molecule has 160 valence electrons. The second-order valence-corrected chi connectivity index (χ2v) is 9.45. The van der Waals surface area contributed by atoms with Gasteiger partial charge in [-0.2, -0.15) is 0 Å². The van der Waals surface area contributed by atoms with Crippen LogP contribution in [0.1, 0.15) is 37.7 Å². The Labute approximate surface area is 175 Å². The lowest BCUT2D eigenvalue weighted by Gasteiger charge is -2.34. The Balaban J connectivity index is 1.33. The molecule has 1 aromatic carbocycles. The molecule has 1 aromatic rings. The molecular weight excluding hydrogens is 384 g/mol. The van der Waals surface area contributed by atoms with E-state index in [0.29, 0.717) is 30.6 Å². The summed E-state index contributed by atoms with van der Waals surface area (Å²) >= 11 is 0. The minimum Gasteiger partial charge on any atom is -0.447 e. The Morgan fingerprint density at radius 3 is 2.63 bits per heavy atom. The van der Waals surface area contributed by atoms with Gasteiger partial charge in [0.15, 0.2) is 6.10 Å². The van der Waals surface area contributed by atoms with Crippen LogP contribution in [0, 0.1) is 29.6 Å². The number of ether oxygens (including phenoxy) is 2. The highest BCUT2D eigenvalue weighted by molar-refractivity contribution is 5.96. The molecule has 4 aliphatic carbocycles. The molecule has 1 aliphatic heterocycles. The molecule has 6 rings (SSSR count). The van der Waals surface area contributed by atoms with Crippen molar-refractivity contribution in [2.45, 2.75) is 50.7 Å². The standard InChI is InChI=1S/C23H28N2O5/c24-22(27)30-20(11-19-16-7-14-6-15(10-16)18(19)9-14)21(26)25-17(12-29-23(25)28)8-13-4-2-1-3-5-13/h1-5,14-20H,6-12H2,(H2,24,27)/t14-,15-,16-,17-,18-,19-,20-/m0/s1. The highest BCUT2D eigenvalue weighted by Crippen LogP contribution is 2.62. The summed E-state index contributed by atoms with van der Waals surface area (Å²) in [5.74, 6) is 2.61. The Kier molecular flexibility index (Phi) is 4.91. The number of rotatable bonds is 6. The van der Waals surface area contributed by atoms with Gasteiger partial charge < -0.3 is 15.2 Å². The smallest absolute Gasteiger partial charge is 0.417 e. The van der Waals surface area contributed by atoms with Crippen LogP contribution in [0.2, 0.25) is 0 Å². The highest BCUT2D eigenvalue weighted by atomic mass is 16.6. The van der Waals surface area contributed by atoms with E-state index in [1.54, 1.807) is 0 Å². The monoisotopic (exact) mass is 412 g/mol. The maximum atomic E-state index is 13.4. The topological polar surface area (TPSA) is 98.9 Å². The average molecular weight is 412 g/mol. The number of primary amides is 1. The Hall–Kier alpha value is -2.57. The largest absolute Gasteiger partial charge is 0.447 e. The molecular formula is C23H28N2O5. The summed E-state index contributed by atoms with van der Waals surface area (Å²) in [4.78, 5) is 38.5. The second kappa shape index (κ2) is 7.60. The van der Waals surface area contributed by atoms with Gasteiger partial charge in [-0.1, -0.05) is 30.3 Å². The van der Waals surface area contributed by atoms with Crippen molar-refractivity contribution in [3.05, 3.63) is 35.9 Å². The van der Waals surface area contributed by atoms with Crippen molar-refractivity contribution in [1.29, 1.82) is 0 Å². The Morgan fingerprint density at radius 2 is 1.90 bits per heavy atom. The zero-order valence-electron chi connectivity index (χ0n) is 16.9. The number of hydrogen-bond acceptors (Lipinski definition) is 5. The fraction of sp³-hybridized carbons (Fsp3) is 0.609. The molecule has 1 heterocycles. The lowest BCUT2D eigenvalue weighted by molar-refractivity contribution is -0.139. The minimum absolute atomic E-state index is 0.140. The lowest BCUT2D eigenvalue weighted by Crippen LogP contribution is -2.48. The van der Waals surface area contributed by atoms with Gasteiger partial charge in [-0.15, -0.1) is 0 Å². The van der Waals surface area contributed by atoms with E-state index in [9.17, 15) is 14.4 Å². The molecule has 3 amide bonds. The van der Waals surface area contributed by atoms with Crippen molar-refractivity contribution in [2.24, 2.45) is 35.3 Å². The molecule has 4 saturated carbocycles. The summed E-state index contributed by atoms with van der Waals surface area (Å²) in [6.07, 6.45) is 3.19. The van der Waals surface area contributed by atoms with Crippen molar-refractivity contribution in [2.75, 3.05) is 6.61 Å². The average Bonchev–Trinajstić information content (AvgIpc) is 3.30. The number of imide groups is 1. The van der Waals surface area contributed by atoms with Crippen molar-refractivity contribution >= 4 is 18.1 Å². The van der Waals surface area contributed by atoms with Crippen LogP contribution in [0.15, 0.2) is 30.3 Å². The number of cyclic esters (lactones) is 1. The molecule has 0 radical (unpaired) electrons. The molecule has 0 aromatic heterocycles. The molecule has 7 atom stereocenters. The summed E-state index contributed by atoms with van der Waals surface area (Å²) in [6.45, 7) is 0.140. The molecule has 7 heteroatoms. The maximum absolute atomic E-state index is 13.4. The van der Waals surface area contributed by atoms with Crippen molar-refractivity contribution < 1.29 is 23.9 Å². The molecule has 4 bridgehead atoms. The molecule has 1 saturated heterocycles. The number of benzene rings is 1. The summed E-state index contributed by atoms with van der Waals surface area (Å²) in [5.41, 5.74) is 6.31. The Morgan fingerprint density at radius 1 is 1.13 bits per heavy atom. The number of carbonyl (C=O) groups is 3. The summed E-state index contributed by atoms with van der Waals surface area (Å²) in [7, 11) is 0. The van der Waals surface area contributed by atoms with E-state index in [1.807, 2.05) is 30.3 Å². The van der Waals surface area contributed by atoms with E-state index in [2.05, 4.69) is 0 Å². The van der Waals surface area contributed by atoms with Gasteiger partial charge in [0.1, 0.15) is 6.61 Å². The van der Waals surface area contributed by atoms with E-state index in [1.165, 1.54) is 25.7 Å². The van der Waals surface area contributed by atoms with Crippen LogP contribution in [0.5, 0.6) is 0 Å². The summed E-state index contributed by atoms with van der Waals surface area (Å²) in [6, 6.07) is 9.25. The first-order valence-corrected chi connectivity index (χ1v) is 11.0. The van der Waals surface area contributed by atoms with Gasteiger partial charge in [-0.3, -0.25) is 4.79 Å². The predicted octanol–water partition coefficient (Wildman–Crippen LogP) is 3.11. The van der Waals surface area contributed by atoms with E-state index in [-0.39, 0.29) is 6.61 Å². The molecule has 0 unspecified atom stereocenters. The quantitative estimate of drug-likeness (QED) is 0.774. The first-order chi connectivity index (χ1) is 14.5. The lowest BCUT2D eigenvalue weighted by atomic mass is 9.73. The van der Waals surface area contributed by atoms with E-state index in [0.717, 1.165) is 22.3 Å². The molecule has 0 spiro atoms. The van der Waals surface area contributed by atoms with Crippen LogP contribution in [0.3, 0.4) is 0 Å². The molecule has 2 N–H and O–H groups in total. The third-order valence-corrected chi connectivity index (χ3v) is 7.78. The van der Waals surface area contributed by atoms with Crippen LogP contribution in [-0.4, -0.2) is 41.7 Å². The van der Waals surface area contributed by atoms with E-state index >= 15 is 0 Å². The number of carbonyl (C=O) groups excluding carboxylic acids is 3. The third kappa shape index (κ3) is 3.44. The fourth-order valence-electron chi connectivity index (χ4n) is 6.75. The van der Waals surface area contributed by atoms with Gasteiger partial charge in [0.25, 0.3) is 5.91 Å². The number of nitrogens with two attached hydrogens (primary N) is 1. The van der Waals surface area contributed by atoms with Crippen LogP contribution in [0.4, 0.5) is 9.59 Å². The van der Waals surface area contributed by atoms with Gasteiger partial charge in [0.05, 0.1) is 6.04 Å². The minimum atomic E-state index is -1.03. The fourth-order valence-corrected chi connectivity index (χ4v) is 6.75. The number of hydrogen-bond donors (Lipinski definition) is 1. The second-order valence-electron chi connectivity index (χ2n) is 9.45. The molecule has 5 fully saturated rings.